The molecular weight excluding hydrogens is 267 g/mol. The third kappa shape index (κ3) is 2.72. The molecule has 0 saturated carbocycles. The monoisotopic (exact) mass is 276 g/mol. The Hall–Kier alpha value is -0.540. The van der Waals surface area contributed by atoms with Gasteiger partial charge in [0.1, 0.15) is 5.75 Å². The lowest BCUT2D eigenvalue weighted by Gasteiger charge is -2.05. The van der Waals surface area contributed by atoms with E-state index in [-0.39, 0.29) is 11.1 Å². The number of alkyl halides is 1. The van der Waals surface area contributed by atoms with Crippen LogP contribution in [0.5, 0.6) is 5.75 Å². The predicted octanol–water partition coefficient (Wildman–Crippen LogP) is 3.32. The summed E-state index contributed by atoms with van der Waals surface area (Å²) in [6.45, 7) is 2.48. The van der Waals surface area contributed by atoms with Gasteiger partial charge in [0, 0.05) is 5.56 Å². The molecule has 0 bridgehead atoms. The average Bonchev–Trinajstić information content (AvgIpc) is 2.17. The van der Waals surface area contributed by atoms with Gasteiger partial charge in [0.25, 0.3) is 0 Å². The molecule has 0 amide bonds. The fourth-order valence-electron chi connectivity index (χ4n) is 1.05. The van der Waals surface area contributed by atoms with Gasteiger partial charge in [0.05, 0.1) is 17.0 Å². The van der Waals surface area contributed by atoms with Crippen LogP contribution in [0.15, 0.2) is 18.2 Å². The summed E-state index contributed by atoms with van der Waals surface area (Å²) in [6.07, 6.45) is 0. The first-order chi connectivity index (χ1) is 6.69. The molecule has 0 aliphatic heterocycles. The van der Waals surface area contributed by atoms with Gasteiger partial charge < -0.3 is 4.74 Å². The number of ether oxygens (including phenoxy) is 1. The van der Waals surface area contributed by atoms with Crippen LogP contribution in [0.25, 0.3) is 0 Å². The number of Topliss-reactive ketones (excluding diaryl/α,β-unsaturated/α-hetero) is 1. The summed E-state index contributed by atoms with van der Waals surface area (Å²) in [5, 5.41) is 0.709. The molecule has 0 fully saturated rings. The van der Waals surface area contributed by atoms with Gasteiger partial charge in [-0.25, -0.2) is 0 Å². The summed E-state index contributed by atoms with van der Waals surface area (Å²) in [4.78, 5) is 11.3. The molecule has 0 aliphatic rings. The molecule has 0 unspecified atom stereocenters. The second-order valence-electron chi connectivity index (χ2n) is 2.63. The zero-order chi connectivity index (χ0) is 10.6. The van der Waals surface area contributed by atoms with Gasteiger partial charge in [0.2, 0.25) is 0 Å². The van der Waals surface area contributed by atoms with Crippen LogP contribution in [0.4, 0.5) is 0 Å². The highest BCUT2D eigenvalue weighted by Crippen LogP contribution is 2.23. The lowest BCUT2D eigenvalue weighted by molar-refractivity contribution is 0.102. The average molecular weight is 278 g/mol. The molecule has 2 nitrogen and oxygen atoms in total. The number of carbonyl (C=O) groups is 1. The summed E-state index contributed by atoms with van der Waals surface area (Å²) < 4.78 is 5.25. The molecule has 1 aromatic carbocycles. The van der Waals surface area contributed by atoms with Crippen LogP contribution in [0, 0.1) is 0 Å². The second kappa shape index (κ2) is 5.37. The van der Waals surface area contributed by atoms with Gasteiger partial charge >= 0.3 is 0 Å². The molecule has 4 heteroatoms. The molecule has 0 aliphatic carbocycles. The molecule has 0 atom stereocenters. The minimum Gasteiger partial charge on any atom is -0.494 e. The summed E-state index contributed by atoms with van der Waals surface area (Å²) in [5.74, 6) is 0.654. The summed E-state index contributed by atoms with van der Waals surface area (Å²) in [5.41, 5.74) is 0.520. The van der Waals surface area contributed by atoms with E-state index >= 15 is 0 Å². The quantitative estimate of drug-likeness (QED) is 0.623. The Kier molecular flexibility index (Phi) is 4.42. The topological polar surface area (TPSA) is 26.3 Å². The maximum atomic E-state index is 11.3. The van der Waals surface area contributed by atoms with Crippen molar-refractivity contribution < 1.29 is 9.53 Å². The predicted molar refractivity (Wildman–Crippen MR) is 60.7 cm³/mol. The lowest BCUT2D eigenvalue weighted by atomic mass is 10.1. The molecule has 0 heterocycles. The first kappa shape index (κ1) is 11.5. The van der Waals surface area contributed by atoms with E-state index in [1.54, 1.807) is 18.2 Å². The van der Waals surface area contributed by atoms with Gasteiger partial charge in [-0.2, -0.15) is 0 Å². The normalized spacial score (nSPS) is 9.93. The largest absolute Gasteiger partial charge is 0.494 e. The van der Waals surface area contributed by atoms with E-state index in [1.807, 2.05) is 6.92 Å². The van der Waals surface area contributed by atoms with Crippen molar-refractivity contribution in [1.82, 2.24) is 0 Å². The van der Waals surface area contributed by atoms with E-state index < -0.39 is 0 Å². The SMILES string of the molecule is CCOc1ccc(C(=O)CBr)c(Cl)c1. The van der Waals surface area contributed by atoms with Gasteiger partial charge in [-0.05, 0) is 25.1 Å². The number of carbonyl (C=O) groups excluding carboxylic acids is 1. The number of ketones is 1. The molecule has 0 aromatic heterocycles. The minimum absolute atomic E-state index is 0.0296. The first-order valence-electron chi connectivity index (χ1n) is 4.20. The highest BCUT2D eigenvalue weighted by atomic mass is 79.9. The van der Waals surface area contributed by atoms with Crippen LogP contribution in [0.2, 0.25) is 5.02 Å². The Morgan fingerprint density at radius 3 is 2.79 bits per heavy atom. The maximum absolute atomic E-state index is 11.3. The number of hydrogen-bond donors (Lipinski definition) is 0. The molecule has 0 N–H and O–H groups in total. The van der Waals surface area contributed by atoms with Crippen molar-refractivity contribution in [3.8, 4) is 5.75 Å². The molecular formula is C10H10BrClO2. The molecule has 14 heavy (non-hydrogen) atoms. The number of rotatable bonds is 4. The summed E-state index contributed by atoms with van der Waals surface area (Å²) in [7, 11) is 0. The van der Waals surface area contributed by atoms with E-state index in [0.29, 0.717) is 22.9 Å². The Morgan fingerprint density at radius 1 is 1.57 bits per heavy atom. The fraction of sp³-hybridized carbons (Fsp3) is 0.300. The Balaban J connectivity index is 2.95. The smallest absolute Gasteiger partial charge is 0.174 e. The summed E-state index contributed by atoms with van der Waals surface area (Å²) >= 11 is 9.01. The Bertz CT molecular complexity index is 339. The van der Waals surface area contributed by atoms with Gasteiger partial charge in [-0.15, -0.1) is 0 Å². The highest BCUT2D eigenvalue weighted by molar-refractivity contribution is 9.09. The zero-order valence-corrected chi connectivity index (χ0v) is 10.1. The van der Waals surface area contributed by atoms with E-state index in [0.717, 1.165) is 0 Å². The van der Waals surface area contributed by atoms with E-state index in [1.165, 1.54) is 0 Å². The molecule has 1 aromatic rings. The molecule has 0 saturated heterocycles. The van der Waals surface area contributed by atoms with Crippen LogP contribution in [0.3, 0.4) is 0 Å². The third-order valence-corrected chi connectivity index (χ3v) is 2.50. The Morgan fingerprint density at radius 2 is 2.29 bits per heavy atom. The zero-order valence-electron chi connectivity index (χ0n) is 7.72. The summed E-state index contributed by atoms with van der Waals surface area (Å²) in [6, 6.07) is 5.07. The standard InChI is InChI=1S/C10H10BrClO2/c1-2-14-7-3-4-8(9(12)5-7)10(13)6-11/h3-5H,2,6H2,1H3. The van der Waals surface area contributed by atoms with E-state index in [4.69, 9.17) is 16.3 Å². The number of hydrogen-bond acceptors (Lipinski definition) is 2. The van der Waals surface area contributed by atoms with Crippen molar-refractivity contribution in [1.29, 1.82) is 0 Å². The van der Waals surface area contributed by atoms with Crippen molar-refractivity contribution in [2.45, 2.75) is 6.92 Å². The third-order valence-electron chi connectivity index (χ3n) is 1.67. The number of halogens is 2. The van der Waals surface area contributed by atoms with Gasteiger partial charge in [-0.3, -0.25) is 4.79 Å². The van der Waals surface area contributed by atoms with Crippen LogP contribution < -0.4 is 4.74 Å². The second-order valence-corrected chi connectivity index (χ2v) is 3.60. The lowest BCUT2D eigenvalue weighted by Crippen LogP contribution is -2.01. The maximum Gasteiger partial charge on any atom is 0.174 e. The van der Waals surface area contributed by atoms with Crippen LogP contribution in [-0.4, -0.2) is 17.7 Å². The Labute approximate surface area is 96.3 Å². The van der Waals surface area contributed by atoms with Crippen LogP contribution >= 0.6 is 27.5 Å². The molecule has 0 spiro atoms. The molecule has 76 valence electrons. The number of benzene rings is 1. The fourth-order valence-corrected chi connectivity index (χ4v) is 1.63. The van der Waals surface area contributed by atoms with Crippen molar-refractivity contribution in [3.63, 3.8) is 0 Å². The highest BCUT2D eigenvalue weighted by Gasteiger charge is 2.09. The van der Waals surface area contributed by atoms with Crippen molar-refractivity contribution in [3.05, 3.63) is 28.8 Å². The van der Waals surface area contributed by atoms with Crippen LogP contribution in [-0.2, 0) is 0 Å². The van der Waals surface area contributed by atoms with Crippen molar-refractivity contribution in [2.75, 3.05) is 11.9 Å². The van der Waals surface area contributed by atoms with Gasteiger partial charge in [-0.1, -0.05) is 27.5 Å². The van der Waals surface area contributed by atoms with Crippen molar-refractivity contribution >= 4 is 33.3 Å². The van der Waals surface area contributed by atoms with Gasteiger partial charge in [0.15, 0.2) is 5.78 Å². The molecule has 0 radical (unpaired) electrons. The van der Waals surface area contributed by atoms with E-state index in [9.17, 15) is 4.79 Å². The first-order valence-corrected chi connectivity index (χ1v) is 5.70. The molecule has 1 rings (SSSR count). The van der Waals surface area contributed by atoms with Crippen LogP contribution in [0.1, 0.15) is 17.3 Å². The van der Waals surface area contributed by atoms with E-state index in [2.05, 4.69) is 15.9 Å². The minimum atomic E-state index is -0.0296. The van der Waals surface area contributed by atoms with Crippen molar-refractivity contribution in [2.24, 2.45) is 0 Å².